The Balaban J connectivity index is 2.53. The number of nitrogen functional groups attached to an aromatic ring is 1. The number of amides is 1. The number of hydrogen-bond donors (Lipinski definition) is 4. The van der Waals surface area contributed by atoms with E-state index in [1.165, 1.54) is 0 Å². The molecule has 0 fully saturated rings. The molecule has 0 heterocycles. The minimum atomic E-state index is -4.92. The first-order valence-electron chi connectivity index (χ1n) is 6.75. The fraction of sp³-hybridized carbons (Fsp3) is 0. The lowest BCUT2D eigenvalue weighted by Crippen LogP contribution is -2.16. The van der Waals surface area contributed by atoms with Gasteiger partial charge >= 0.3 is 0 Å². The second kappa shape index (κ2) is 6.92. The van der Waals surface area contributed by atoms with Crippen LogP contribution in [-0.2, 0) is 20.2 Å². The van der Waals surface area contributed by atoms with Gasteiger partial charge in [0, 0.05) is 17.7 Å². The molecule has 1 amide bonds. The molecule has 2 rings (SSSR count). The lowest BCUT2D eigenvalue weighted by molar-refractivity contribution is -0.384. The van der Waals surface area contributed by atoms with E-state index in [1.54, 1.807) is 0 Å². The molecule has 0 saturated carbocycles. The summed E-state index contributed by atoms with van der Waals surface area (Å²) in [5.74, 6) is -0.971. The summed E-state index contributed by atoms with van der Waals surface area (Å²) < 4.78 is 63.9. The Morgan fingerprint density at radius 3 is 1.96 bits per heavy atom. The zero-order valence-corrected chi connectivity index (χ0v) is 14.7. The average Bonchev–Trinajstić information content (AvgIpc) is 2.54. The highest BCUT2D eigenvalue weighted by molar-refractivity contribution is 7.86. The van der Waals surface area contributed by atoms with E-state index in [2.05, 4.69) is 0 Å². The molecular formula is C13H11N3O9S2. The van der Waals surface area contributed by atoms with Gasteiger partial charge in [-0.1, -0.05) is 0 Å². The molecule has 0 radical (unpaired) electrons. The van der Waals surface area contributed by atoms with Crippen LogP contribution >= 0.6 is 0 Å². The standard InChI is InChI=1S/C13H11N3O9S2/c14-9-5-12(27(23,24)25)10(6-11(9)26(20,21)22)15-13(17)7-1-3-8(4-2-7)16(18)19/h1-6H,14H2,(H,15,17)(H,20,21,22)(H,23,24,25). The third kappa shape index (κ3) is 4.56. The monoisotopic (exact) mass is 417 g/mol. The summed E-state index contributed by atoms with van der Waals surface area (Å²) in [6.07, 6.45) is 0. The fourth-order valence-electron chi connectivity index (χ4n) is 2.04. The fourth-order valence-corrected chi connectivity index (χ4v) is 3.33. The van der Waals surface area contributed by atoms with Crippen molar-refractivity contribution >= 4 is 43.2 Å². The Morgan fingerprint density at radius 2 is 1.52 bits per heavy atom. The van der Waals surface area contributed by atoms with Crippen molar-refractivity contribution in [2.24, 2.45) is 0 Å². The highest BCUT2D eigenvalue weighted by atomic mass is 32.2. The third-order valence-electron chi connectivity index (χ3n) is 3.26. The van der Waals surface area contributed by atoms with Crippen molar-refractivity contribution in [2.75, 3.05) is 11.1 Å². The molecule has 0 aliphatic rings. The number of nitrogens with zero attached hydrogens (tertiary/aromatic N) is 1. The van der Waals surface area contributed by atoms with Gasteiger partial charge in [-0.2, -0.15) is 16.8 Å². The lowest BCUT2D eigenvalue weighted by atomic mass is 10.2. The van der Waals surface area contributed by atoms with Crippen LogP contribution in [0.2, 0.25) is 0 Å². The molecule has 0 aliphatic heterocycles. The molecule has 0 unspecified atom stereocenters. The number of nitro benzene ring substituents is 1. The number of nitrogens with one attached hydrogen (secondary N) is 1. The van der Waals surface area contributed by atoms with Gasteiger partial charge in [-0.15, -0.1) is 0 Å². The third-order valence-corrected chi connectivity index (χ3v) is 5.06. The molecule has 0 aliphatic carbocycles. The first-order chi connectivity index (χ1) is 12.3. The summed E-state index contributed by atoms with van der Waals surface area (Å²) >= 11 is 0. The van der Waals surface area contributed by atoms with Crippen molar-refractivity contribution in [2.45, 2.75) is 9.79 Å². The largest absolute Gasteiger partial charge is 0.398 e. The van der Waals surface area contributed by atoms with Crippen LogP contribution in [0.3, 0.4) is 0 Å². The van der Waals surface area contributed by atoms with Crippen LogP contribution < -0.4 is 11.1 Å². The summed E-state index contributed by atoms with van der Waals surface area (Å²) in [7, 11) is -9.79. The summed E-state index contributed by atoms with van der Waals surface area (Å²) in [5.41, 5.74) is 3.58. The quantitative estimate of drug-likeness (QED) is 0.234. The number of anilines is 2. The van der Waals surface area contributed by atoms with E-state index in [1.807, 2.05) is 5.32 Å². The van der Waals surface area contributed by atoms with Gasteiger partial charge in [0.2, 0.25) is 0 Å². The van der Waals surface area contributed by atoms with Crippen molar-refractivity contribution in [1.29, 1.82) is 0 Å². The Hall–Kier alpha value is -3.07. The number of nitrogens with two attached hydrogens (primary N) is 1. The van der Waals surface area contributed by atoms with Gasteiger partial charge in [0.25, 0.3) is 31.8 Å². The van der Waals surface area contributed by atoms with Crippen LogP contribution in [0.4, 0.5) is 17.1 Å². The number of non-ortho nitro benzene ring substituents is 1. The summed E-state index contributed by atoms with van der Waals surface area (Å²) in [5, 5.41) is 12.7. The maximum Gasteiger partial charge on any atom is 0.296 e. The number of carbonyl (C=O) groups is 1. The Kier molecular flexibility index (Phi) is 5.19. The highest BCUT2D eigenvalue weighted by Gasteiger charge is 2.24. The lowest BCUT2D eigenvalue weighted by Gasteiger charge is -2.12. The zero-order chi connectivity index (χ0) is 20.6. The molecule has 2 aromatic rings. The van der Waals surface area contributed by atoms with Crippen LogP contribution in [0.1, 0.15) is 10.4 Å². The maximum atomic E-state index is 12.2. The predicted molar refractivity (Wildman–Crippen MR) is 91.5 cm³/mol. The minimum absolute atomic E-state index is 0.132. The van der Waals surface area contributed by atoms with Crippen LogP contribution in [0, 0.1) is 10.1 Å². The van der Waals surface area contributed by atoms with Gasteiger partial charge in [0.15, 0.2) is 0 Å². The normalized spacial score (nSPS) is 11.8. The van der Waals surface area contributed by atoms with Crippen molar-refractivity contribution in [1.82, 2.24) is 0 Å². The van der Waals surface area contributed by atoms with E-state index < -0.39 is 52.2 Å². The highest BCUT2D eigenvalue weighted by Crippen LogP contribution is 2.30. The van der Waals surface area contributed by atoms with E-state index in [9.17, 15) is 36.3 Å². The number of nitro groups is 1. The van der Waals surface area contributed by atoms with Gasteiger partial charge in [-0.05, 0) is 24.3 Å². The Bertz CT molecular complexity index is 1140. The maximum absolute atomic E-state index is 12.2. The smallest absolute Gasteiger partial charge is 0.296 e. The molecule has 0 saturated heterocycles. The Labute approximate surface area is 152 Å². The summed E-state index contributed by atoms with van der Waals surface area (Å²) in [6, 6.07) is 5.28. The molecule has 27 heavy (non-hydrogen) atoms. The first kappa shape index (κ1) is 20.2. The number of benzene rings is 2. The van der Waals surface area contributed by atoms with E-state index in [0.717, 1.165) is 24.3 Å². The SMILES string of the molecule is Nc1cc(S(=O)(=O)O)c(NC(=O)c2ccc([N+](=O)[O-])cc2)cc1S(=O)(=O)O. The second-order valence-corrected chi connectivity index (χ2v) is 7.87. The molecule has 5 N–H and O–H groups in total. The summed E-state index contributed by atoms with van der Waals surface area (Å²) in [4.78, 5) is 20.3. The zero-order valence-electron chi connectivity index (χ0n) is 13.1. The molecule has 144 valence electrons. The van der Waals surface area contributed by atoms with Crippen molar-refractivity contribution < 1.29 is 35.7 Å². The minimum Gasteiger partial charge on any atom is -0.398 e. The van der Waals surface area contributed by atoms with Crippen LogP contribution in [-0.4, -0.2) is 36.8 Å². The van der Waals surface area contributed by atoms with Crippen molar-refractivity contribution in [3.63, 3.8) is 0 Å². The molecule has 0 aromatic heterocycles. The molecular weight excluding hydrogens is 406 g/mol. The van der Waals surface area contributed by atoms with E-state index >= 15 is 0 Å². The number of carbonyl (C=O) groups excluding carboxylic acids is 1. The predicted octanol–water partition coefficient (Wildman–Crippen LogP) is 0.923. The van der Waals surface area contributed by atoms with Gasteiger partial charge in [0.1, 0.15) is 9.79 Å². The van der Waals surface area contributed by atoms with E-state index in [0.29, 0.717) is 12.1 Å². The number of hydrogen-bond acceptors (Lipinski definition) is 8. The van der Waals surface area contributed by atoms with Crippen LogP contribution in [0.15, 0.2) is 46.2 Å². The van der Waals surface area contributed by atoms with Gasteiger partial charge in [-0.3, -0.25) is 24.0 Å². The molecule has 12 nitrogen and oxygen atoms in total. The Morgan fingerprint density at radius 1 is 1.00 bits per heavy atom. The van der Waals surface area contributed by atoms with Gasteiger partial charge < -0.3 is 11.1 Å². The van der Waals surface area contributed by atoms with Gasteiger partial charge in [0.05, 0.1) is 16.3 Å². The molecule has 2 aromatic carbocycles. The topological polar surface area (TPSA) is 207 Å². The van der Waals surface area contributed by atoms with E-state index in [-0.39, 0.29) is 11.3 Å². The van der Waals surface area contributed by atoms with Crippen molar-refractivity contribution in [3.05, 3.63) is 52.1 Å². The average molecular weight is 417 g/mol. The molecule has 0 spiro atoms. The van der Waals surface area contributed by atoms with Gasteiger partial charge in [-0.25, -0.2) is 0 Å². The second-order valence-electron chi connectivity index (χ2n) is 5.09. The molecule has 14 heteroatoms. The molecule has 0 bridgehead atoms. The van der Waals surface area contributed by atoms with Crippen molar-refractivity contribution in [3.8, 4) is 0 Å². The number of rotatable bonds is 5. The van der Waals surface area contributed by atoms with E-state index in [4.69, 9.17) is 10.3 Å². The first-order valence-corrected chi connectivity index (χ1v) is 9.63. The van der Waals surface area contributed by atoms with Crippen LogP contribution in [0.5, 0.6) is 0 Å². The van der Waals surface area contributed by atoms with Crippen LogP contribution in [0.25, 0.3) is 0 Å². The molecule has 0 atom stereocenters. The summed E-state index contributed by atoms with van der Waals surface area (Å²) in [6.45, 7) is 0.